The van der Waals surface area contributed by atoms with Gasteiger partial charge in [0, 0.05) is 20.1 Å². The zero-order chi connectivity index (χ0) is 13.5. The van der Waals surface area contributed by atoms with Gasteiger partial charge in [0.2, 0.25) is 0 Å². The quantitative estimate of drug-likeness (QED) is 0.808. The summed E-state index contributed by atoms with van der Waals surface area (Å²) >= 11 is 0. The molecule has 0 aliphatic heterocycles. The Hall–Kier alpha value is -1.75. The second-order valence-corrected chi connectivity index (χ2v) is 3.88. The van der Waals surface area contributed by atoms with Crippen molar-refractivity contribution in [3.63, 3.8) is 0 Å². The first-order valence-electron chi connectivity index (χ1n) is 5.65. The summed E-state index contributed by atoms with van der Waals surface area (Å²) in [7, 11) is 3.14. The number of ether oxygens (including phenoxy) is 3. The lowest BCUT2D eigenvalue weighted by atomic mass is 10.2. The predicted octanol–water partition coefficient (Wildman–Crippen LogP) is 2.20. The molecule has 0 fully saturated rings. The Balaban J connectivity index is 2.84. The van der Waals surface area contributed by atoms with Crippen LogP contribution < -0.4 is 9.47 Å². The molecule has 5 nitrogen and oxygen atoms in total. The predicted molar refractivity (Wildman–Crippen MR) is 66.5 cm³/mol. The Morgan fingerprint density at radius 2 is 2.06 bits per heavy atom. The van der Waals surface area contributed by atoms with E-state index in [0.29, 0.717) is 18.1 Å². The van der Waals surface area contributed by atoms with E-state index in [4.69, 9.17) is 19.3 Å². The van der Waals surface area contributed by atoms with Crippen LogP contribution in [0.5, 0.6) is 11.5 Å². The summed E-state index contributed by atoms with van der Waals surface area (Å²) in [6.45, 7) is 2.48. The zero-order valence-corrected chi connectivity index (χ0v) is 10.8. The second-order valence-electron chi connectivity index (χ2n) is 3.88. The molecule has 0 aliphatic carbocycles. The van der Waals surface area contributed by atoms with Crippen molar-refractivity contribution in [2.45, 2.75) is 19.4 Å². The molecule has 0 amide bonds. The number of carboxylic acid groups (broad SMARTS) is 1. The van der Waals surface area contributed by atoms with Gasteiger partial charge in [0.15, 0.2) is 11.5 Å². The topological polar surface area (TPSA) is 65.0 Å². The van der Waals surface area contributed by atoms with Gasteiger partial charge in [-0.25, -0.2) is 4.79 Å². The first-order chi connectivity index (χ1) is 8.58. The van der Waals surface area contributed by atoms with Crippen LogP contribution in [-0.4, -0.2) is 38.0 Å². The van der Waals surface area contributed by atoms with Crippen molar-refractivity contribution in [3.8, 4) is 11.5 Å². The number of hydrogen-bond donors (Lipinski definition) is 1. The molecule has 0 radical (unpaired) electrons. The average molecular weight is 254 g/mol. The Morgan fingerprint density at radius 3 is 2.61 bits per heavy atom. The highest BCUT2D eigenvalue weighted by Gasteiger charge is 2.12. The van der Waals surface area contributed by atoms with Gasteiger partial charge >= 0.3 is 5.97 Å². The van der Waals surface area contributed by atoms with Gasteiger partial charge in [0.1, 0.15) is 0 Å². The lowest BCUT2D eigenvalue weighted by Crippen LogP contribution is -2.15. The molecule has 1 rings (SSSR count). The van der Waals surface area contributed by atoms with Crippen LogP contribution in [0, 0.1) is 0 Å². The number of carbonyl (C=O) groups is 1. The Kier molecular flexibility index (Phi) is 5.45. The minimum absolute atomic E-state index is 0.0807. The molecule has 1 atom stereocenters. The van der Waals surface area contributed by atoms with E-state index in [0.717, 1.165) is 6.42 Å². The van der Waals surface area contributed by atoms with E-state index < -0.39 is 5.97 Å². The summed E-state index contributed by atoms with van der Waals surface area (Å²) < 4.78 is 15.8. The van der Waals surface area contributed by atoms with Crippen LogP contribution >= 0.6 is 0 Å². The molecular formula is C13H18O5. The van der Waals surface area contributed by atoms with Crippen molar-refractivity contribution in [2.24, 2.45) is 0 Å². The maximum Gasteiger partial charge on any atom is 0.335 e. The molecule has 0 bridgehead atoms. The minimum Gasteiger partial charge on any atom is -0.493 e. The SMILES string of the molecule is COCCC(C)Oc1cc(C(=O)O)ccc1OC. The van der Waals surface area contributed by atoms with Crippen LogP contribution in [0.25, 0.3) is 0 Å². The van der Waals surface area contributed by atoms with Crippen LogP contribution in [-0.2, 0) is 4.74 Å². The summed E-state index contributed by atoms with van der Waals surface area (Å²) in [5.41, 5.74) is 0.171. The van der Waals surface area contributed by atoms with Gasteiger partial charge < -0.3 is 19.3 Å². The average Bonchev–Trinajstić information content (AvgIpc) is 2.36. The normalized spacial score (nSPS) is 11.9. The van der Waals surface area contributed by atoms with Gasteiger partial charge in [0.05, 0.1) is 18.8 Å². The molecule has 1 unspecified atom stereocenters. The lowest BCUT2D eigenvalue weighted by Gasteiger charge is -2.17. The monoisotopic (exact) mass is 254 g/mol. The van der Waals surface area contributed by atoms with E-state index in [9.17, 15) is 4.79 Å². The molecule has 5 heteroatoms. The summed E-state index contributed by atoms with van der Waals surface area (Å²) in [4.78, 5) is 10.9. The third-order valence-corrected chi connectivity index (χ3v) is 2.47. The van der Waals surface area contributed by atoms with Gasteiger partial charge in [-0.15, -0.1) is 0 Å². The highest BCUT2D eigenvalue weighted by atomic mass is 16.5. The fraction of sp³-hybridized carbons (Fsp3) is 0.462. The lowest BCUT2D eigenvalue weighted by molar-refractivity contribution is 0.0695. The van der Waals surface area contributed by atoms with Gasteiger partial charge in [0.25, 0.3) is 0 Å². The van der Waals surface area contributed by atoms with Crippen molar-refractivity contribution in [2.75, 3.05) is 20.8 Å². The largest absolute Gasteiger partial charge is 0.493 e. The van der Waals surface area contributed by atoms with Gasteiger partial charge in [-0.3, -0.25) is 0 Å². The molecule has 100 valence electrons. The zero-order valence-electron chi connectivity index (χ0n) is 10.8. The molecule has 0 spiro atoms. The first kappa shape index (κ1) is 14.3. The highest BCUT2D eigenvalue weighted by Crippen LogP contribution is 2.29. The molecule has 0 aromatic heterocycles. The van der Waals surface area contributed by atoms with Crippen LogP contribution in [0.1, 0.15) is 23.7 Å². The van der Waals surface area contributed by atoms with Crippen LogP contribution in [0.15, 0.2) is 18.2 Å². The smallest absolute Gasteiger partial charge is 0.335 e. The van der Waals surface area contributed by atoms with E-state index in [2.05, 4.69) is 0 Å². The van der Waals surface area contributed by atoms with E-state index in [1.165, 1.54) is 19.2 Å². The van der Waals surface area contributed by atoms with Crippen LogP contribution in [0.4, 0.5) is 0 Å². The molecule has 0 heterocycles. The van der Waals surface area contributed by atoms with Crippen molar-refractivity contribution in [1.29, 1.82) is 0 Å². The number of benzene rings is 1. The standard InChI is InChI=1S/C13H18O5/c1-9(6-7-16-2)18-12-8-10(13(14)15)4-5-11(12)17-3/h4-5,8-9H,6-7H2,1-3H3,(H,14,15). The molecule has 0 aliphatic rings. The van der Waals surface area contributed by atoms with Gasteiger partial charge in [-0.2, -0.15) is 0 Å². The summed E-state index contributed by atoms with van der Waals surface area (Å²) in [6.07, 6.45) is 0.639. The van der Waals surface area contributed by atoms with E-state index >= 15 is 0 Å². The Labute approximate surface area is 106 Å². The molecule has 0 saturated heterocycles. The third-order valence-electron chi connectivity index (χ3n) is 2.47. The van der Waals surface area contributed by atoms with Gasteiger partial charge in [-0.05, 0) is 25.1 Å². The van der Waals surface area contributed by atoms with Crippen LogP contribution in [0.3, 0.4) is 0 Å². The number of methoxy groups -OCH3 is 2. The van der Waals surface area contributed by atoms with Crippen molar-refractivity contribution in [3.05, 3.63) is 23.8 Å². The number of hydrogen-bond acceptors (Lipinski definition) is 4. The Bertz CT molecular complexity index is 402. The third kappa shape index (κ3) is 3.92. The van der Waals surface area contributed by atoms with Crippen LogP contribution in [0.2, 0.25) is 0 Å². The second kappa shape index (κ2) is 6.86. The molecular weight excluding hydrogens is 236 g/mol. The van der Waals surface area contributed by atoms with E-state index in [1.807, 2.05) is 6.92 Å². The first-order valence-corrected chi connectivity index (χ1v) is 5.65. The molecule has 1 N–H and O–H groups in total. The number of rotatable bonds is 7. The summed E-state index contributed by atoms with van der Waals surface area (Å²) in [5.74, 6) is -0.0442. The van der Waals surface area contributed by atoms with Crippen molar-refractivity contribution in [1.82, 2.24) is 0 Å². The number of carboxylic acids is 1. The fourth-order valence-electron chi connectivity index (χ4n) is 1.46. The summed E-state index contributed by atoms with van der Waals surface area (Å²) in [5, 5.41) is 8.93. The maximum absolute atomic E-state index is 10.9. The molecule has 18 heavy (non-hydrogen) atoms. The molecule has 1 aromatic rings. The maximum atomic E-state index is 10.9. The molecule has 1 aromatic carbocycles. The Morgan fingerprint density at radius 1 is 1.33 bits per heavy atom. The minimum atomic E-state index is -0.993. The van der Waals surface area contributed by atoms with E-state index in [1.54, 1.807) is 13.2 Å². The highest BCUT2D eigenvalue weighted by molar-refractivity contribution is 5.88. The number of aromatic carboxylic acids is 1. The summed E-state index contributed by atoms with van der Waals surface area (Å²) in [6, 6.07) is 4.53. The van der Waals surface area contributed by atoms with E-state index in [-0.39, 0.29) is 11.7 Å². The van der Waals surface area contributed by atoms with Crippen molar-refractivity contribution < 1.29 is 24.1 Å². The molecule has 0 saturated carbocycles. The van der Waals surface area contributed by atoms with Gasteiger partial charge in [-0.1, -0.05) is 0 Å². The fourth-order valence-corrected chi connectivity index (χ4v) is 1.46. The van der Waals surface area contributed by atoms with Crippen molar-refractivity contribution >= 4 is 5.97 Å².